The number of halogens is 4. The van der Waals surface area contributed by atoms with Gasteiger partial charge < -0.3 is 0 Å². The molecule has 0 aromatic heterocycles. The summed E-state index contributed by atoms with van der Waals surface area (Å²) in [7, 11) is 0. The van der Waals surface area contributed by atoms with Crippen molar-refractivity contribution in [1.82, 2.24) is 0 Å². The maximum Gasteiger partial charge on any atom is 0.416 e. The number of carbonyl (C=O) groups excluding carboxylic acids is 1. The zero-order chi connectivity index (χ0) is 16.6. The number of nitrogens with zero attached hydrogens (tertiary/aromatic N) is 1. The van der Waals surface area contributed by atoms with Crippen molar-refractivity contribution in [1.29, 1.82) is 0 Å². The minimum atomic E-state index is -4.39. The highest BCUT2D eigenvalue weighted by Crippen LogP contribution is 2.43. The molecular weight excluding hydrogens is 438 g/mol. The van der Waals surface area contributed by atoms with Crippen LogP contribution in [0.2, 0.25) is 0 Å². The van der Waals surface area contributed by atoms with E-state index in [0.717, 1.165) is 15.7 Å². The first kappa shape index (κ1) is 16.6. The average molecular weight is 449 g/mol. The van der Waals surface area contributed by atoms with Crippen molar-refractivity contribution in [2.24, 2.45) is 0 Å². The van der Waals surface area contributed by atoms with Gasteiger partial charge in [-0.2, -0.15) is 13.2 Å². The Bertz CT molecular complexity index is 733. The number of carbonyl (C=O) groups is 1. The van der Waals surface area contributed by atoms with Crippen LogP contribution in [0.25, 0.3) is 0 Å². The first-order valence-corrected chi connectivity index (χ1v) is 8.85. The summed E-state index contributed by atoms with van der Waals surface area (Å²) in [6, 6.07) is 12.5. The fourth-order valence-corrected chi connectivity index (χ4v) is 3.95. The molecule has 120 valence electrons. The van der Waals surface area contributed by atoms with Crippen molar-refractivity contribution < 1.29 is 18.0 Å². The van der Waals surface area contributed by atoms with Crippen LogP contribution in [0.5, 0.6) is 0 Å². The van der Waals surface area contributed by atoms with Crippen LogP contribution in [-0.2, 0) is 11.0 Å². The van der Waals surface area contributed by atoms with E-state index in [2.05, 4.69) is 22.6 Å². The van der Waals surface area contributed by atoms with Crippen LogP contribution in [-0.4, -0.2) is 11.7 Å². The standard InChI is InChI=1S/C16H11F3INOS/c17-16(18,19)11-3-1-2-10(8-11)15-21(14(22)9-23-15)13-6-4-12(20)5-7-13/h1-8,15H,9H2/t15-/m0/s1. The summed E-state index contributed by atoms with van der Waals surface area (Å²) in [5.41, 5.74) is 0.481. The molecule has 1 heterocycles. The second-order valence-electron chi connectivity index (χ2n) is 5.03. The molecule has 3 rings (SSSR count). The van der Waals surface area contributed by atoms with Gasteiger partial charge in [-0.3, -0.25) is 9.69 Å². The van der Waals surface area contributed by atoms with Crippen molar-refractivity contribution in [2.75, 3.05) is 10.7 Å². The number of thioether (sulfide) groups is 1. The Morgan fingerprint density at radius 3 is 2.48 bits per heavy atom. The number of amides is 1. The topological polar surface area (TPSA) is 20.3 Å². The predicted molar refractivity (Wildman–Crippen MR) is 93.3 cm³/mol. The van der Waals surface area contributed by atoms with Crippen LogP contribution in [0.3, 0.4) is 0 Å². The Balaban J connectivity index is 1.98. The highest BCUT2D eigenvalue weighted by atomic mass is 127. The molecule has 2 aromatic rings. The first-order chi connectivity index (χ1) is 10.9. The summed E-state index contributed by atoms with van der Waals surface area (Å²) >= 11 is 3.50. The van der Waals surface area contributed by atoms with Crippen LogP contribution in [0.1, 0.15) is 16.5 Å². The molecular formula is C16H11F3INOS. The quantitative estimate of drug-likeness (QED) is 0.596. The molecule has 2 aromatic carbocycles. The number of hydrogen-bond donors (Lipinski definition) is 0. The van der Waals surface area contributed by atoms with E-state index in [1.54, 1.807) is 11.0 Å². The number of benzene rings is 2. The summed E-state index contributed by atoms with van der Waals surface area (Å²) < 4.78 is 39.8. The fraction of sp³-hybridized carbons (Fsp3) is 0.188. The van der Waals surface area contributed by atoms with Crippen LogP contribution >= 0.6 is 34.4 Å². The lowest BCUT2D eigenvalue weighted by molar-refractivity contribution is -0.137. The van der Waals surface area contributed by atoms with Crippen molar-refractivity contribution >= 4 is 45.9 Å². The summed E-state index contributed by atoms with van der Waals surface area (Å²) in [6.45, 7) is 0. The smallest absolute Gasteiger partial charge is 0.295 e. The van der Waals surface area contributed by atoms with Gasteiger partial charge in [-0.15, -0.1) is 11.8 Å². The van der Waals surface area contributed by atoms with E-state index in [-0.39, 0.29) is 11.7 Å². The van der Waals surface area contributed by atoms with Gasteiger partial charge in [0, 0.05) is 9.26 Å². The normalized spacial score (nSPS) is 18.5. The van der Waals surface area contributed by atoms with Crippen molar-refractivity contribution in [3.8, 4) is 0 Å². The van der Waals surface area contributed by atoms with Gasteiger partial charge in [-0.1, -0.05) is 12.1 Å². The second kappa shape index (κ2) is 6.35. The molecule has 1 fully saturated rings. The van der Waals surface area contributed by atoms with Crippen LogP contribution < -0.4 is 4.90 Å². The lowest BCUT2D eigenvalue weighted by atomic mass is 10.1. The van der Waals surface area contributed by atoms with E-state index >= 15 is 0 Å². The lowest BCUT2D eigenvalue weighted by Crippen LogP contribution is -2.27. The Kier molecular flexibility index (Phi) is 4.59. The Hall–Kier alpha value is -1.22. The third-order valence-corrected chi connectivity index (χ3v) is 5.40. The highest BCUT2D eigenvalue weighted by molar-refractivity contribution is 14.1. The Labute approximate surface area is 149 Å². The summed E-state index contributed by atoms with van der Waals surface area (Å²) in [4.78, 5) is 13.8. The van der Waals surface area contributed by atoms with Gasteiger partial charge in [0.05, 0.1) is 11.3 Å². The molecule has 1 aliphatic heterocycles. The number of anilines is 1. The minimum Gasteiger partial charge on any atom is -0.295 e. The average Bonchev–Trinajstić information content (AvgIpc) is 2.89. The molecule has 23 heavy (non-hydrogen) atoms. The molecule has 1 aliphatic rings. The maximum atomic E-state index is 12.9. The molecule has 1 saturated heterocycles. The predicted octanol–water partition coefficient (Wildman–Crippen LogP) is 5.09. The van der Waals surface area contributed by atoms with Crippen LogP contribution in [0.15, 0.2) is 48.5 Å². The van der Waals surface area contributed by atoms with E-state index in [1.165, 1.54) is 17.8 Å². The van der Waals surface area contributed by atoms with Gasteiger partial charge in [0.25, 0.3) is 0 Å². The lowest BCUT2D eigenvalue weighted by Gasteiger charge is -2.25. The van der Waals surface area contributed by atoms with E-state index in [1.807, 2.05) is 24.3 Å². The SMILES string of the molecule is O=C1CS[C@@H](c2cccc(C(F)(F)F)c2)N1c1ccc(I)cc1. The number of hydrogen-bond acceptors (Lipinski definition) is 2. The summed E-state index contributed by atoms with van der Waals surface area (Å²) in [6.07, 6.45) is -4.39. The van der Waals surface area contributed by atoms with E-state index < -0.39 is 17.1 Å². The fourth-order valence-electron chi connectivity index (χ4n) is 2.42. The molecule has 0 radical (unpaired) electrons. The van der Waals surface area contributed by atoms with Crippen LogP contribution in [0.4, 0.5) is 18.9 Å². The monoisotopic (exact) mass is 449 g/mol. The minimum absolute atomic E-state index is 0.0985. The molecule has 0 unspecified atom stereocenters. The molecule has 2 nitrogen and oxygen atoms in total. The van der Waals surface area contributed by atoms with E-state index in [0.29, 0.717) is 11.3 Å². The van der Waals surface area contributed by atoms with Crippen LogP contribution in [0, 0.1) is 3.57 Å². The number of alkyl halides is 3. The Morgan fingerprint density at radius 2 is 1.83 bits per heavy atom. The number of rotatable bonds is 2. The van der Waals surface area contributed by atoms with Crippen molar-refractivity contribution in [3.63, 3.8) is 0 Å². The largest absolute Gasteiger partial charge is 0.416 e. The van der Waals surface area contributed by atoms with Crippen molar-refractivity contribution in [3.05, 3.63) is 63.2 Å². The van der Waals surface area contributed by atoms with Gasteiger partial charge >= 0.3 is 6.18 Å². The molecule has 1 amide bonds. The maximum absolute atomic E-state index is 12.9. The second-order valence-corrected chi connectivity index (χ2v) is 7.34. The van der Waals surface area contributed by atoms with E-state index in [9.17, 15) is 18.0 Å². The molecule has 7 heteroatoms. The summed E-state index contributed by atoms with van der Waals surface area (Å²) in [5, 5.41) is -0.440. The van der Waals surface area contributed by atoms with Gasteiger partial charge in [0.2, 0.25) is 5.91 Å². The first-order valence-electron chi connectivity index (χ1n) is 6.72. The van der Waals surface area contributed by atoms with Crippen molar-refractivity contribution in [2.45, 2.75) is 11.6 Å². The molecule has 0 spiro atoms. The van der Waals surface area contributed by atoms with Gasteiger partial charge in [0.15, 0.2) is 0 Å². The molecule has 0 aliphatic carbocycles. The Morgan fingerprint density at radius 1 is 1.13 bits per heavy atom. The molecule has 0 saturated carbocycles. The molecule has 0 N–H and O–H groups in total. The molecule has 1 atom stereocenters. The highest BCUT2D eigenvalue weighted by Gasteiger charge is 2.36. The third-order valence-electron chi connectivity index (χ3n) is 3.47. The van der Waals surface area contributed by atoms with Gasteiger partial charge in [-0.25, -0.2) is 0 Å². The molecule has 0 bridgehead atoms. The van der Waals surface area contributed by atoms with Gasteiger partial charge in [-0.05, 0) is 64.6 Å². The zero-order valence-electron chi connectivity index (χ0n) is 11.7. The van der Waals surface area contributed by atoms with Gasteiger partial charge in [0.1, 0.15) is 5.37 Å². The third kappa shape index (κ3) is 3.50. The summed E-state index contributed by atoms with van der Waals surface area (Å²) in [5.74, 6) is 0.158. The van der Waals surface area contributed by atoms with E-state index in [4.69, 9.17) is 0 Å². The zero-order valence-corrected chi connectivity index (χ0v) is 14.7.